The number of rotatable bonds is 6. The van der Waals surface area contributed by atoms with Crippen LogP contribution >= 0.6 is 22.9 Å². The number of thiophene rings is 1. The number of aromatic nitrogens is 2. The molecule has 0 aliphatic rings. The molecule has 102 valence electrons. The number of hydrogen-bond acceptors (Lipinski definition) is 5. The highest BCUT2D eigenvalue weighted by atomic mass is 35.5. The van der Waals surface area contributed by atoms with Gasteiger partial charge in [-0.05, 0) is 25.5 Å². The molecule has 0 aromatic carbocycles. The molecule has 6 heteroatoms. The van der Waals surface area contributed by atoms with Gasteiger partial charge < -0.3 is 10.6 Å². The van der Waals surface area contributed by atoms with E-state index >= 15 is 0 Å². The number of nitrogens with zero attached hydrogens (tertiary/aromatic N) is 2. The summed E-state index contributed by atoms with van der Waals surface area (Å²) in [5.41, 5.74) is 0. The van der Waals surface area contributed by atoms with E-state index in [2.05, 4.69) is 27.5 Å². The van der Waals surface area contributed by atoms with Crippen LogP contribution in [0.25, 0.3) is 0 Å². The van der Waals surface area contributed by atoms with Gasteiger partial charge in [-0.1, -0.05) is 18.5 Å². The zero-order valence-corrected chi connectivity index (χ0v) is 12.6. The lowest BCUT2D eigenvalue weighted by atomic mass is 10.4. The fraction of sp³-hybridized carbons (Fsp3) is 0.385. The maximum atomic E-state index is 5.90. The van der Waals surface area contributed by atoms with Crippen LogP contribution in [0.15, 0.2) is 18.2 Å². The zero-order chi connectivity index (χ0) is 13.7. The summed E-state index contributed by atoms with van der Waals surface area (Å²) in [6.45, 7) is 5.66. The first-order valence-electron chi connectivity index (χ1n) is 6.25. The summed E-state index contributed by atoms with van der Waals surface area (Å²) in [4.78, 5) is 9.91. The summed E-state index contributed by atoms with van der Waals surface area (Å²) in [6.07, 6.45) is 1.07. The van der Waals surface area contributed by atoms with Gasteiger partial charge in [-0.3, -0.25) is 0 Å². The second-order valence-electron chi connectivity index (χ2n) is 4.17. The summed E-state index contributed by atoms with van der Waals surface area (Å²) >= 11 is 7.48. The molecule has 0 bridgehead atoms. The average molecular weight is 297 g/mol. The SMILES string of the molecule is CCCNc1cc(NCc2ccc(Cl)s2)nc(C)n1. The molecule has 0 aliphatic heterocycles. The number of aryl methyl sites for hydroxylation is 1. The third kappa shape index (κ3) is 4.36. The van der Waals surface area contributed by atoms with E-state index in [0.717, 1.165) is 41.3 Å². The van der Waals surface area contributed by atoms with E-state index in [1.807, 2.05) is 25.1 Å². The van der Waals surface area contributed by atoms with Crippen molar-refractivity contribution in [2.45, 2.75) is 26.8 Å². The maximum absolute atomic E-state index is 5.90. The van der Waals surface area contributed by atoms with Crippen molar-refractivity contribution in [3.05, 3.63) is 33.2 Å². The van der Waals surface area contributed by atoms with Crippen molar-refractivity contribution in [3.63, 3.8) is 0 Å². The molecule has 2 aromatic heterocycles. The first-order chi connectivity index (χ1) is 9.17. The molecule has 0 atom stereocenters. The molecule has 2 aromatic rings. The summed E-state index contributed by atoms with van der Waals surface area (Å²) < 4.78 is 0.806. The van der Waals surface area contributed by atoms with Crippen LogP contribution in [-0.2, 0) is 6.54 Å². The van der Waals surface area contributed by atoms with Gasteiger partial charge in [-0.2, -0.15) is 0 Å². The predicted molar refractivity (Wildman–Crippen MR) is 82.2 cm³/mol. The Balaban J connectivity index is 2.01. The molecule has 0 spiro atoms. The van der Waals surface area contributed by atoms with E-state index in [1.165, 1.54) is 4.88 Å². The Kier molecular flexibility index (Phi) is 4.99. The van der Waals surface area contributed by atoms with E-state index in [4.69, 9.17) is 11.6 Å². The molecule has 0 saturated heterocycles. The summed E-state index contributed by atoms with van der Waals surface area (Å²) in [6, 6.07) is 5.85. The molecule has 0 radical (unpaired) electrons. The van der Waals surface area contributed by atoms with Crippen molar-refractivity contribution in [3.8, 4) is 0 Å². The zero-order valence-electron chi connectivity index (χ0n) is 11.0. The molecule has 0 amide bonds. The highest BCUT2D eigenvalue weighted by Gasteiger charge is 2.03. The van der Waals surface area contributed by atoms with Crippen molar-refractivity contribution >= 4 is 34.6 Å². The summed E-state index contributed by atoms with van der Waals surface area (Å²) in [7, 11) is 0. The molecule has 0 aliphatic carbocycles. The molecule has 2 heterocycles. The van der Waals surface area contributed by atoms with Crippen molar-refractivity contribution < 1.29 is 0 Å². The van der Waals surface area contributed by atoms with Gasteiger partial charge in [0, 0.05) is 17.5 Å². The van der Waals surface area contributed by atoms with Gasteiger partial charge in [0.25, 0.3) is 0 Å². The lowest BCUT2D eigenvalue weighted by Gasteiger charge is -2.09. The van der Waals surface area contributed by atoms with Gasteiger partial charge >= 0.3 is 0 Å². The molecule has 0 saturated carbocycles. The Morgan fingerprint density at radius 1 is 1.21 bits per heavy atom. The van der Waals surface area contributed by atoms with Crippen LogP contribution in [0.5, 0.6) is 0 Å². The van der Waals surface area contributed by atoms with Crippen molar-refractivity contribution in [1.29, 1.82) is 0 Å². The fourth-order valence-corrected chi connectivity index (χ4v) is 2.65. The fourth-order valence-electron chi connectivity index (χ4n) is 1.63. The van der Waals surface area contributed by atoms with Gasteiger partial charge in [0.1, 0.15) is 17.5 Å². The standard InChI is InChI=1S/C13H17ClN4S/c1-3-6-15-12-7-13(18-9(2)17-12)16-8-10-4-5-11(14)19-10/h4-5,7H,3,6,8H2,1-2H3,(H2,15,16,17,18). The van der Waals surface area contributed by atoms with Crippen LogP contribution in [0, 0.1) is 6.92 Å². The topological polar surface area (TPSA) is 49.8 Å². The van der Waals surface area contributed by atoms with Crippen LogP contribution in [-0.4, -0.2) is 16.5 Å². The third-order valence-corrected chi connectivity index (χ3v) is 3.70. The van der Waals surface area contributed by atoms with Gasteiger partial charge in [0.05, 0.1) is 10.9 Å². The van der Waals surface area contributed by atoms with Crippen molar-refractivity contribution in [2.75, 3.05) is 17.2 Å². The third-order valence-electron chi connectivity index (χ3n) is 2.47. The van der Waals surface area contributed by atoms with E-state index < -0.39 is 0 Å². The summed E-state index contributed by atoms with van der Waals surface area (Å²) in [5, 5.41) is 6.56. The van der Waals surface area contributed by atoms with Crippen LogP contribution in [0.4, 0.5) is 11.6 Å². The molecular weight excluding hydrogens is 280 g/mol. The van der Waals surface area contributed by atoms with Crippen molar-refractivity contribution in [2.24, 2.45) is 0 Å². The molecule has 2 rings (SSSR count). The summed E-state index contributed by atoms with van der Waals surface area (Å²) in [5.74, 6) is 2.45. The van der Waals surface area contributed by atoms with Crippen LogP contribution in [0.1, 0.15) is 24.0 Å². The number of anilines is 2. The van der Waals surface area contributed by atoms with Gasteiger partial charge in [0.2, 0.25) is 0 Å². The Labute approximate surface area is 122 Å². The first-order valence-corrected chi connectivity index (χ1v) is 7.44. The molecule has 4 nitrogen and oxygen atoms in total. The predicted octanol–water partition coefficient (Wildman–Crippen LogP) is 3.93. The highest BCUT2D eigenvalue weighted by molar-refractivity contribution is 7.16. The quantitative estimate of drug-likeness (QED) is 0.848. The minimum absolute atomic E-state index is 0.723. The first kappa shape index (κ1) is 14.1. The molecule has 19 heavy (non-hydrogen) atoms. The van der Waals surface area contributed by atoms with Gasteiger partial charge in [0.15, 0.2) is 0 Å². The second-order valence-corrected chi connectivity index (χ2v) is 5.97. The van der Waals surface area contributed by atoms with E-state index in [9.17, 15) is 0 Å². The van der Waals surface area contributed by atoms with Crippen LogP contribution < -0.4 is 10.6 Å². The van der Waals surface area contributed by atoms with Crippen molar-refractivity contribution in [1.82, 2.24) is 9.97 Å². The Hall–Kier alpha value is -1.33. The lowest BCUT2D eigenvalue weighted by molar-refractivity contribution is 0.952. The van der Waals surface area contributed by atoms with Gasteiger partial charge in [-0.25, -0.2) is 9.97 Å². The minimum atomic E-state index is 0.723. The Morgan fingerprint density at radius 2 is 1.95 bits per heavy atom. The molecule has 0 fully saturated rings. The van der Waals surface area contributed by atoms with E-state index in [-0.39, 0.29) is 0 Å². The number of halogens is 1. The smallest absolute Gasteiger partial charge is 0.132 e. The maximum Gasteiger partial charge on any atom is 0.132 e. The minimum Gasteiger partial charge on any atom is -0.370 e. The normalized spacial score (nSPS) is 10.5. The molecular formula is C13H17ClN4S. The Bertz CT molecular complexity index is 541. The highest BCUT2D eigenvalue weighted by Crippen LogP contribution is 2.22. The lowest BCUT2D eigenvalue weighted by Crippen LogP contribution is -2.07. The second kappa shape index (κ2) is 6.73. The van der Waals surface area contributed by atoms with E-state index in [0.29, 0.717) is 0 Å². The molecule has 0 unspecified atom stereocenters. The number of hydrogen-bond donors (Lipinski definition) is 2. The monoisotopic (exact) mass is 296 g/mol. The molecule has 2 N–H and O–H groups in total. The Morgan fingerprint density at radius 3 is 2.58 bits per heavy atom. The van der Waals surface area contributed by atoms with E-state index in [1.54, 1.807) is 11.3 Å². The average Bonchev–Trinajstić information content (AvgIpc) is 2.79. The van der Waals surface area contributed by atoms with Gasteiger partial charge in [-0.15, -0.1) is 11.3 Å². The number of nitrogens with one attached hydrogen (secondary N) is 2. The van der Waals surface area contributed by atoms with Crippen LogP contribution in [0.3, 0.4) is 0 Å². The largest absolute Gasteiger partial charge is 0.370 e. The van der Waals surface area contributed by atoms with Crippen LogP contribution in [0.2, 0.25) is 4.34 Å².